The van der Waals surface area contributed by atoms with Crippen molar-refractivity contribution in [2.45, 2.75) is 24.3 Å². The maximum atomic E-state index is 11.3. The zero-order chi connectivity index (χ0) is 12.2. The van der Waals surface area contributed by atoms with E-state index >= 15 is 0 Å². The van der Waals surface area contributed by atoms with Crippen LogP contribution in [-0.4, -0.2) is 20.8 Å². The van der Waals surface area contributed by atoms with Gasteiger partial charge in [-0.25, -0.2) is 8.42 Å². The molecule has 0 saturated heterocycles. The first-order chi connectivity index (χ1) is 7.43. The highest BCUT2D eigenvalue weighted by Crippen LogP contribution is 2.18. The molecule has 16 heavy (non-hydrogen) atoms. The molecule has 0 heterocycles. The van der Waals surface area contributed by atoms with Gasteiger partial charge in [-0.3, -0.25) is 0 Å². The fourth-order valence-electron chi connectivity index (χ4n) is 1.18. The van der Waals surface area contributed by atoms with Crippen molar-refractivity contribution in [2.24, 2.45) is 0 Å². The van der Waals surface area contributed by atoms with Gasteiger partial charge >= 0.3 is 0 Å². The quantitative estimate of drug-likeness (QED) is 0.803. The number of hydrogen-bond acceptors (Lipinski definition) is 4. The summed E-state index contributed by atoms with van der Waals surface area (Å²) in [4.78, 5) is 0.217. The molecule has 0 bridgehead atoms. The summed E-state index contributed by atoms with van der Waals surface area (Å²) < 4.78 is 28.0. The fraction of sp³-hybridized carbons (Fsp3) is 0.364. The molecule has 1 rings (SSSR count). The number of benzene rings is 1. The Morgan fingerprint density at radius 1 is 1.50 bits per heavy atom. The lowest BCUT2D eigenvalue weighted by atomic mass is 10.3. The maximum Gasteiger partial charge on any atom is 0.175 e. The first-order valence-corrected chi connectivity index (χ1v) is 6.66. The topological polar surface area (TPSA) is 67.2 Å². The molecule has 4 nitrogen and oxygen atoms in total. The van der Waals surface area contributed by atoms with E-state index in [1.54, 1.807) is 19.1 Å². The molecule has 1 aromatic carbocycles. The lowest BCUT2D eigenvalue weighted by Crippen LogP contribution is -2.10. The molecule has 0 aliphatic carbocycles. The van der Waals surface area contributed by atoms with Crippen molar-refractivity contribution in [3.8, 4) is 11.8 Å². The van der Waals surface area contributed by atoms with Gasteiger partial charge in [0.05, 0.1) is 17.4 Å². The molecular formula is C11H13NO3S. The van der Waals surface area contributed by atoms with Crippen molar-refractivity contribution in [1.29, 1.82) is 5.26 Å². The molecule has 0 aliphatic heterocycles. The third-order valence-electron chi connectivity index (χ3n) is 1.95. The van der Waals surface area contributed by atoms with Crippen molar-refractivity contribution in [3.63, 3.8) is 0 Å². The van der Waals surface area contributed by atoms with Crippen LogP contribution in [0.5, 0.6) is 5.75 Å². The highest BCUT2D eigenvalue weighted by Gasteiger charge is 2.09. The molecule has 0 spiro atoms. The van der Waals surface area contributed by atoms with Crippen LogP contribution >= 0.6 is 0 Å². The number of ether oxygens (including phenoxy) is 1. The summed E-state index contributed by atoms with van der Waals surface area (Å²) in [7, 11) is -3.22. The minimum atomic E-state index is -3.22. The molecule has 1 unspecified atom stereocenters. The number of nitriles is 1. The van der Waals surface area contributed by atoms with Gasteiger partial charge < -0.3 is 4.74 Å². The van der Waals surface area contributed by atoms with E-state index in [2.05, 4.69) is 0 Å². The van der Waals surface area contributed by atoms with Crippen LogP contribution in [0, 0.1) is 11.3 Å². The zero-order valence-corrected chi connectivity index (χ0v) is 9.99. The average Bonchev–Trinajstić information content (AvgIpc) is 2.17. The second kappa shape index (κ2) is 4.99. The number of sulfone groups is 1. The van der Waals surface area contributed by atoms with Gasteiger partial charge in [0, 0.05) is 6.26 Å². The first kappa shape index (κ1) is 12.5. The molecule has 86 valence electrons. The summed E-state index contributed by atoms with van der Waals surface area (Å²) in [6, 6.07) is 8.25. The Morgan fingerprint density at radius 2 is 2.19 bits per heavy atom. The van der Waals surface area contributed by atoms with E-state index in [9.17, 15) is 8.42 Å². The predicted octanol–water partition coefficient (Wildman–Crippen LogP) is 1.77. The Hall–Kier alpha value is -1.54. The summed E-state index contributed by atoms with van der Waals surface area (Å²) in [5.74, 6) is 0.464. The van der Waals surface area contributed by atoms with Gasteiger partial charge in [-0.1, -0.05) is 6.07 Å². The van der Waals surface area contributed by atoms with Crippen LogP contribution in [0.4, 0.5) is 0 Å². The summed E-state index contributed by atoms with van der Waals surface area (Å²) in [5, 5.41) is 8.47. The van der Waals surface area contributed by atoms with Crippen molar-refractivity contribution in [3.05, 3.63) is 24.3 Å². The number of hydrogen-bond donors (Lipinski definition) is 0. The van der Waals surface area contributed by atoms with Crippen LogP contribution in [0.15, 0.2) is 29.2 Å². The lowest BCUT2D eigenvalue weighted by Gasteiger charge is -2.11. The summed E-state index contributed by atoms with van der Waals surface area (Å²) in [6.07, 6.45) is 1.16. The van der Waals surface area contributed by atoms with Crippen molar-refractivity contribution in [2.75, 3.05) is 6.26 Å². The molecule has 0 saturated carbocycles. The Labute approximate surface area is 95.4 Å². The lowest BCUT2D eigenvalue weighted by molar-refractivity contribution is 0.226. The largest absolute Gasteiger partial charge is 0.490 e. The molecule has 5 heteroatoms. The third-order valence-corrected chi connectivity index (χ3v) is 3.06. The van der Waals surface area contributed by atoms with Gasteiger partial charge in [0.25, 0.3) is 0 Å². The van der Waals surface area contributed by atoms with Crippen LogP contribution in [0.25, 0.3) is 0 Å². The normalized spacial score (nSPS) is 12.8. The van der Waals surface area contributed by atoms with Gasteiger partial charge in [0.1, 0.15) is 11.9 Å². The highest BCUT2D eigenvalue weighted by molar-refractivity contribution is 7.90. The van der Waals surface area contributed by atoms with E-state index in [1.807, 2.05) is 6.07 Å². The third kappa shape index (κ3) is 3.55. The molecule has 1 atom stereocenters. The van der Waals surface area contributed by atoms with E-state index < -0.39 is 9.84 Å². The van der Waals surface area contributed by atoms with Crippen LogP contribution in [0.2, 0.25) is 0 Å². The van der Waals surface area contributed by atoms with E-state index in [4.69, 9.17) is 10.00 Å². The molecule has 0 aliphatic rings. The first-order valence-electron chi connectivity index (χ1n) is 4.77. The Kier molecular flexibility index (Phi) is 3.91. The van der Waals surface area contributed by atoms with Gasteiger partial charge in [0.15, 0.2) is 9.84 Å². The van der Waals surface area contributed by atoms with Crippen LogP contribution in [-0.2, 0) is 9.84 Å². The SMILES string of the molecule is CC(CC#N)Oc1cccc(S(C)(=O)=O)c1. The van der Waals surface area contributed by atoms with Gasteiger partial charge in [0.2, 0.25) is 0 Å². The Balaban J connectivity index is 2.88. The van der Waals surface area contributed by atoms with Crippen LogP contribution in [0.3, 0.4) is 0 Å². The number of rotatable bonds is 4. The van der Waals surface area contributed by atoms with Crippen molar-refractivity contribution < 1.29 is 13.2 Å². The standard InChI is InChI=1S/C11H13NO3S/c1-9(6-7-12)15-10-4-3-5-11(8-10)16(2,13)14/h3-5,8-9H,6H2,1-2H3. The minimum absolute atomic E-state index is 0.217. The van der Waals surface area contributed by atoms with E-state index in [-0.39, 0.29) is 17.4 Å². The Bertz CT molecular complexity index is 502. The van der Waals surface area contributed by atoms with Crippen LogP contribution in [0.1, 0.15) is 13.3 Å². The molecule has 0 amide bonds. The van der Waals surface area contributed by atoms with Crippen molar-refractivity contribution >= 4 is 9.84 Å². The average molecular weight is 239 g/mol. The maximum absolute atomic E-state index is 11.3. The molecular weight excluding hydrogens is 226 g/mol. The summed E-state index contributed by atoms with van der Waals surface area (Å²) >= 11 is 0. The Morgan fingerprint density at radius 3 is 2.75 bits per heavy atom. The smallest absolute Gasteiger partial charge is 0.175 e. The molecule has 0 aromatic heterocycles. The molecule has 0 N–H and O–H groups in total. The van der Waals surface area contributed by atoms with E-state index in [0.717, 1.165) is 6.26 Å². The highest BCUT2D eigenvalue weighted by atomic mass is 32.2. The van der Waals surface area contributed by atoms with Crippen molar-refractivity contribution in [1.82, 2.24) is 0 Å². The van der Waals surface area contributed by atoms with Crippen LogP contribution < -0.4 is 4.74 Å². The number of nitrogens with zero attached hydrogens (tertiary/aromatic N) is 1. The monoisotopic (exact) mass is 239 g/mol. The van der Waals surface area contributed by atoms with Gasteiger partial charge in [-0.2, -0.15) is 5.26 Å². The summed E-state index contributed by atoms with van der Waals surface area (Å²) in [5.41, 5.74) is 0. The second-order valence-corrected chi connectivity index (χ2v) is 5.55. The fourth-order valence-corrected chi connectivity index (χ4v) is 1.84. The minimum Gasteiger partial charge on any atom is -0.490 e. The second-order valence-electron chi connectivity index (χ2n) is 3.54. The molecule has 0 fully saturated rings. The zero-order valence-electron chi connectivity index (χ0n) is 9.17. The van der Waals surface area contributed by atoms with E-state index in [1.165, 1.54) is 12.1 Å². The van der Waals surface area contributed by atoms with E-state index in [0.29, 0.717) is 5.75 Å². The molecule has 1 aromatic rings. The van der Waals surface area contributed by atoms with Gasteiger partial charge in [-0.05, 0) is 25.1 Å². The van der Waals surface area contributed by atoms with Gasteiger partial charge in [-0.15, -0.1) is 0 Å². The predicted molar refractivity (Wildman–Crippen MR) is 59.9 cm³/mol. The molecule has 0 radical (unpaired) electrons. The summed E-state index contributed by atoms with van der Waals surface area (Å²) in [6.45, 7) is 1.76.